The van der Waals surface area contributed by atoms with Gasteiger partial charge in [-0.05, 0) is 24.8 Å². The second-order valence-electron chi connectivity index (χ2n) is 3.38. The number of carboxylic acid groups (broad SMARTS) is 1. The Labute approximate surface area is 81.0 Å². The van der Waals surface area contributed by atoms with E-state index in [1.54, 1.807) is 0 Å². The lowest BCUT2D eigenvalue weighted by Gasteiger charge is -2.05. The molecule has 0 saturated heterocycles. The highest BCUT2D eigenvalue weighted by Gasteiger charge is 2.19. The van der Waals surface area contributed by atoms with Gasteiger partial charge in [0.1, 0.15) is 0 Å². The number of carboxylic acids is 1. The van der Waals surface area contributed by atoms with Crippen molar-refractivity contribution in [3.63, 3.8) is 0 Å². The molecule has 0 spiro atoms. The smallest absolute Gasteiger partial charge is 0.309 e. The van der Waals surface area contributed by atoms with Gasteiger partial charge in [-0.2, -0.15) is 0 Å². The lowest BCUT2D eigenvalue weighted by molar-refractivity contribution is -0.136. The zero-order valence-corrected chi connectivity index (χ0v) is 7.66. The lowest BCUT2D eigenvalue weighted by Crippen LogP contribution is -2.10. The maximum absolute atomic E-state index is 10.6. The number of aromatic nitrogens is 2. The van der Waals surface area contributed by atoms with E-state index in [1.807, 2.05) is 0 Å². The van der Waals surface area contributed by atoms with Crippen molar-refractivity contribution in [3.8, 4) is 0 Å². The quantitative estimate of drug-likeness (QED) is 0.699. The molecular formula is C9H11N3O2. The fourth-order valence-electron chi connectivity index (χ4n) is 1.82. The summed E-state index contributed by atoms with van der Waals surface area (Å²) in [5.74, 6) is -0.695. The molecule has 5 nitrogen and oxygen atoms in total. The summed E-state index contributed by atoms with van der Waals surface area (Å²) in [6.07, 6.45) is 2.71. The molecule has 1 aromatic heterocycles. The number of nitrogens with zero attached hydrogens (tertiary/aromatic N) is 2. The van der Waals surface area contributed by atoms with E-state index in [1.165, 1.54) is 0 Å². The number of nitrogen functional groups attached to an aromatic ring is 1. The van der Waals surface area contributed by atoms with Crippen molar-refractivity contribution in [1.29, 1.82) is 0 Å². The maximum atomic E-state index is 10.6. The van der Waals surface area contributed by atoms with Crippen LogP contribution >= 0.6 is 0 Å². The molecule has 1 heterocycles. The number of carbonyl (C=O) groups is 1. The third-order valence-corrected chi connectivity index (χ3v) is 2.35. The second-order valence-corrected chi connectivity index (χ2v) is 3.38. The molecule has 0 amide bonds. The Morgan fingerprint density at radius 3 is 2.93 bits per heavy atom. The van der Waals surface area contributed by atoms with Crippen LogP contribution in [0.5, 0.6) is 0 Å². The van der Waals surface area contributed by atoms with Gasteiger partial charge in [-0.25, -0.2) is 9.97 Å². The van der Waals surface area contributed by atoms with E-state index >= 15 is 0 Å². The Hall–Kier alpha value is -1.65. The highest BCUT2D eigenvalue weighted by molar-refractivity contribution is 5.70. The standard InChI is InChI=1S/C9H11N3O2/c10-9-11-6-3-1-2-5(6)7(12-9)4-8(13)14/h1-4H2,(H,13,14)(H2,10,11,12). The van der Waals surface area contributed by atoms with Crippen molar-refractivity contribution in [2.24, 2.45) is 0 Å². The van der Waals surface area contributed by atoms with E-state index in [-0.39, 0.29) is 12.4 Å². The normalized spacial score (nSPS) is 14.0. The average Bonchev–Trinajstić information content (AvgIpc) is 2.50. The van der Waals surface area contributed by atoms with Crippen LogP contribution in [0.4, 0.5) is 5.95 Å². The van der Waals surface area contributed by atoms with E-state index in [0.717, 1.165) is 30.5 Å². The van der Waals surface area contributed by atoms with Crippen LogP contribution in [0, 0.1) is 0 Å². The van der Waals surface area contributed by atoms with Crippen LogP contribution in [0.25, 0.3) is 0 Å². The fourth-order valence-corrected chi connectivity index (χ4v) is 1.82. The summed E-state index contributed by atoms with van der Waals surface area (Å²) in [6, 6.07) is 0. The van der Waals surface area contributed by atoms with Gasteiger partial charge in [0, 0.05) is 5.69 Å². The number of rotatable bonds is 2. The summed E-state index contributed by atoms with van der Waals surface area (Å²) in [5, 5.41) is 8.69. The van der Waals surface area contributed by atoms with Gasteiger partial charge >= 0.3 is 5.97 Å². The zero-order chi connectivity index (χ0) is 10.1. The Balaban J connectivity index is 2.43. The molecule has 74 valence electrons. The lowest BCUT2D eigenvalue weighted by atomic mass is 10.1. The topological polar surface area (TPSA) is 89.1 Å². The van der Waals surface area contributed by atoms with E-state index in [9.17, 15) is 4.79 Å². The third kappa shape index (κ3) is 1.53. The minimum Gasteiger partial charge on any atom is -0.481 e. The van der Waals surface area contributed by atoms with Crippen molar-refractivity contribution in [2.75, 3.05) is 5.73 Å². The van der Waals surface area contributed by atoms with Crippen LogP contribution in [0.2, 0.25) is 0 Å². The predicted molar refractivity (Wildman–Crippen MR) is 49.8 cm³/mol. The van der Waals surface area contributed by atoms with Gasteiger partial charge < -0.3 is 10.8 Å². The highest BCUT2D eigenvalue weighted by Crippen LogP contribution is 2.23. The van der Waals surface area contributed by atoms with Crippen LogP contribution in [-0.4, -0.2) is 21.0 Å². The van der Waals surface area contributed by atoms with Gasteiger partial charge in [0.25, 0.3) is 0 Å². The second kappa shape index (κ2) is 3.25. The zero-order valence-electron chi connectivity index (χ0n) is 7.66. The van der Waals surface area contributed by atoms with E-state index in [0.29, 0.717) is 5.69 Å². The van der Waals surface area contributed by atoms with Crippen LogP contribution in [-0.2, 0) is 24.1 Å². The Kier molecular flexibility index (Phi) is 2.07. The molecule has 0 atom stereocenters. The minimum absolute atomic E-state index is 0.0605. The molecule has 1 aromatic rings. The molecule has 0 aromatic carbocycles. The summed E-state index contributed by atoms with van der Waals surface area (Å²) in [4.78, 5) is 18.6. The first-order chi connectivity index (χ1) is 6.66. The molecule has 0 bridgehead atoms. The largest absolute Gasteiger partial charge is 0.481 e. The van der Waals surface area contributed by atoms with E-state index in [2.05, 4.69) is 9.97 Å². The first-order valence-corrected chi connectivity index (χ1v) is 4.53. The summed E-state index contributed by atoms with van der Waals surface area (Å²) in [7, 11) is 0. The first kappa shape index (κ1) is 8.93. The van der Waals surface area contributed by atoms with Crippen LogP contribution in [0.3, 0.4) is 0 Å². The number of anilines is 1. The third-order valence-electron chi connectivity index (χ3n) is 2.35. The molecular weight excluding hydrogens is 182 g/mol. The SMILES string of the molecule is Nc1nc2c(c(CC(=O)O)n1)CCC2. The van der Waals surface area contributed by atoms with E-state index in [4.69, 9.17) is 10.8 Å². The number of fused-ring (bicyclic) bond motifs is 1. The van der Waals surface area contributed by atoms with Gasteiger partial charge in [-0.1, -0.05) is 0 Å². The fraction of sp³-hybridized carbons (Fsp3) is 0.444. The molecule has 1 aliphatic carbocycles. The molecule has 0 saturated carbocycles. The molecule has 1 aliphatic rings. The number of hydrogen-bond donors (Lipinski definition) is 2. The summed E-state index contributed by atoms with van der Waals surface area (Å²) < 4.78 is 0. The molecule has 0 fully saturated rings. The van der Waals surface area contributed by atoms with E-state index < -0.39 is 5.97 Å². The van der Waals surface area contributed by atoms with Gasteiger partial charge in [0.05, 0.1) is 12.1 Å². The van der Waals surface area contributed by atoms with Gasteiger partial charge in [-0.15, -0.1) is 0 Å². The van der Waals surface area contributed by atoms with Crippen molar-refractivity contribution in [1.82, 2.24) is 9.97 Å². The minimum atomic E-state index is -0.878. The van der Waals surface area contributed by atoms with Crippen molar-refractivity contribution in [3.05, 3.63) is 17.0 Å². The maximum Gasteiger partial charge on any atom is 0.309 e. The van der Waals surface area contributed by atoms with Crippen LogP contribution in [0.1, 0.15) is 23.4 Å². The van der Waals surface area contributed by atoms with Gasteiger partial charge in [0.2, 0.25) is 5.95 Å². The molecule has 0 aliphatic heterocycles. The summed E-state index contributed by atoms with van der Waals surface area (Å²) in [6.45, 7) is 0. The predicted octanol–water partition coefficient (Wildman–Crippen LogP) is 0.175. The van der Waals surface area contributed by atoms with Gasteiger partial charge in [0.15, 0.2) is 0 Å². The molecule has 3 N–H and O–H groups in total. The number of hydrogen-bond acceptors (Lipinski definition) is 4. The van der Waals surface area contributed by atoms with Crippen LogP contribution in [0.15, 0.2) is 0 Å². The molecule has 0 radical (unpaired) electrons. The molecule has 14 heavy (non-hydrogen) atoms. The highest BCUT2D eigenvalue weighted by atomic mass is 16.4. The summed E-state index contributed by atoms with van der Waals surface area (Å²) in [5.41, 5.74) is 7.99. The van der Waals surface area contributed by atoms with Crippen LogP contribution < -0.4 is 5.73 Å². The number of aryl methyl sites for hydroxylation is 1. The number of nitrogens with two attached hydrogens (primary N) is 1. The Bertz CT molecular complexity index is 390. The average molecular weight is 193 g/mol. The number of aliphatic carboxylic acids is 1. The monoisotopic (exact) mass is 193 g/mol. The Morgan fingerprint density at radius 2 is 2.21 bits per heavy atom. The molecule has 0 unspecified atom stereocenters. The molecule has 5 heteroatoms. The van der Waals surface area contributed by atoms with Crippen molar-refractivity contribution >= 4 is 11.9 Å². The van der Waals surface area contributed by atoms with Crippen molar-refractivity contribution in [2.45, 2.75) is 25.7 Å². The molecule has 2 rings (SSSR count). The first-order valence-electron chi connectivity index (χ1n) is 4.53. The summed E-state index contributed by atoms with van der Waals surface area (Å²) >= 11 is 0. The van der Waals surface area contributed by atoms with Crippen molar-refractivity contribution < 1.29 is 9.90 Å². The van der Waals surface area contributed by atoms with Gasteiger partial charge in [-0.3, -0.25) is 4.79 Å². The Morgan fingerprint density at radius 1 is 1.43 bits per heavy atom.